The first-order chi connectivity index (χ1) is 7.22. The molecule has 1 aromatic rings. The molecule has 3 heteroatoms. The molecule has 0 atom stereocenters. The third-order valence-electron chi connectivity index (χ3n) is 1.94. The van der Waals surface area contributed by atoms with Gasteiger partial charge >= 0.3 is 5.97 Å². The lowest BCUT2D eigenvalue weighted by Gasteiger charge is -2.02. The quantitative estimate of drug-likeness (QED) is 0.604. The Morgan fingerprint density at radius 2 is 2.07 bits per heavy atom. The van der Waals surface area contributed by atoms with Crippen molar-refractivity contribution in [3.63, 3.8) is 0 Å². The number of nitrogens with two attached hydrogens (primary N) is 1. The van der Waals surface area contributed by atoms with Gasteiger partial charge in [0.25, 0.3) is 0 Å². The molecule has 15 heavy (non-hydrogen) atoms. The number of carbonyl (C=O) groups is 1. The summed E-state index contributed by atoms with van der Waals surface area (Å²) in [7, 11) is 0. The third-order valence-corrected chi connectivity index (χ3v) is 1.94. The third kappa shape index (κ3) is 4.31. The van der Waals surface area contributed by atoms with Crippen molar-refractivity contribution < 1.29 is 9.53 Å². The van der Waals surface area contributed by atoms with Crippen LogP contribution in [-0.4, -0.2) is 5.97 Å². The van der Waals surface area contributed by atoms with E-state index in [2.05, 4.69) is 0 Å². The van der Waals surface area contributed by atoms with Crippen molar-refractivity contribution in [2.75, 3.05) is 0 Å². The number of benzene rings is 1. The van der Waals surface area contributed by atoms with Gasteiger partial charge in [0.15, 0.2) is 0 Å². The van der Waals surface area contributed by atoms with Crippen LogP contribution in [0, 0.1) is 0 Å². The van der Waals surface area contributed by atoms with Gasteiger partial charge in [-0.25, -0.2) is 4.79 Å². The van der Waals surface area contributed by atoms with E-state index in [0.717, 1.165) is 5.56 Å². The number of hydrogen-bond acceptors (Lipinski definition) is 3. The van der Waals surface area contributed by atoms with Crippen LogP contribution in [-0.2, 0) is 16.1 Å². The van der Waals surface area contributed by atoms with Gasteiger partial charge in [-0.15, -0.1) is 0 Å². The molecule has 0 spiro atoms. The molecule has 3 nitrogen and oxygen atoms in total. The number of rotatable bonds is 4. The van der Waals surface area contributed by atoms with Crippen LogP contribution in [0.4, 0.5) is 0 Å². The Bertz CT molecular complexity index is 344. The van der Waals surface area contributed by atoms with Crippen LogP contribution in [0.25, 0.3) is 0 Å². The van der Waals surface area contributed by atoms with Gasteiger partial charge in [-0.05, 0) is 12.0 Å². The van der Waals surface area contributed by atoms with E-state index in [-0.39, 0.29) is 6.61 Å². The van der Waals surface area contributed by atoms with E-state index in [9.17, 15) is 4.79 Å². The lowest BCUT2D eigenvalue weighted by atomic mass is 10.2. The number of esters is 1. The van der Waals surface area contributed by atoms with Crippen LogP contribution in [0.5, 0.6) is 0 Å². The smallest absolute Gasteiger partial charge is 0.332 e. The van der Waals surface area contributed by atoms with Crippen molar-refractivity contribution in [3.8, 4) is 0 Å². The molecule has 80 valence electrons. The Morgan fingerprint density at radius 1 is 1.40 bits per heavy atom. The first-order valence-electron chi connectivity index (χ1n) is 4.89. The lowest BCUT2D eigenvalue weighted by Crippen LogP contribution is -2.05. The highest BCUT2D eigenvalue weighted by molar-refractivity contribution is 5.82. The molecule has 0 amide bonds. The summed E-state index contributed by atoms with van der Waals surface area (Å²) in [6.45, 7) is 2.17. The molecule has 0 unspecified atom stereocenters. The highest BCUT2D eigenvalue weighted by Gasteiger charge is 1.99. The minimum absolute atomic E-state index is 0.285. The fraction of sp³-hybridized carbons (Fsp3) is 0.250. The minimum atomic E-state index is -0.391. The largest absolute Gasteiger partial charge is 0.458 e. The van der Waals surface area contributed by atoms with Gasteiger partial charge in [-0.3, -0.25) is 0 Å². The molecule has 0 aliphatic rings. The molecule has 1 rings (SSSR count). The standard InChI is InChI=1S/C12H15NO2/c1-2-11(13)8-12(14)15-9-10-6-4-3-5-7-10/h3-8H,2,9,13H2,1H3/b11-8+. The summed E-state index contributed by atoms with van der Waals surface area (Å²) >= 11 is 0. The normalized spacial score (nSPS) is 11.1. The predicted molar refractivity (Wildman–Crippen MR) is 58.8 cm³/mol. The summed E-state index contributed by atoms with van der Waals surface area (Å²) < 4.78 is 5.01. The van der Waals surface area contributed by atoms with Crippen LogP contribution < -0.4 is 5.73 Å². The SMILES string of the molecule is CC/C(N)=C\C(=O)OCc1ccccc1. The number of carbonyl (C=O) groups excluding carboxylic acids is 1. The van der Waals surface area contributed by atoms with Crippen LogP contribution in [0.1, 0.15) is 18.9 Å². The molecule has 0 aromatic heterocycles. The van der Waals surface area contributed by atoms with Crippen molar-refractivity contribution in [3.05, 3.63) is 47.7 Å². The van der Waals surface area contributed by atoms with Crippen LogP contribution in [0.2, 0.25) is 0 Å². The summed E-state index contributed by atoms with van der Waals surface area (Å²) in [4.78, 5) is 11.2. The topological polar surface area (TPSA) is 52.3 Å². The molecule has 2 N–H and O–H groups in total. The Morgan fingerprint density at radius 3 is 2.67 bits per heavy atom. The fourth-order valence-corrected chi connectivity index (χ4v) is 1.02. The highest BCUT2D eigenvalue weighted by Crippen LogP contribution is 2.01. The van der Waals surface area contributed by atoms with Crippen molar-refractivity contribution >= 4 is 5.97 Å². The van der Waals surface area contributed by atoms with Gasteiger partial charge in [0.05, 0.1) is 0 Å². The van der Waals surface area contributed by atoms with Gasteiger partial charge < -0.3 is 10.5 Å². The van der Waals surface area contributed by atoms with E-state index in [1.54, 1.807) is 0 Å². The number of ether oxygens (including phenoxy) is 1. The zero-order chi connectivity index (χ0) is 11.1. The summed E-state index contributed by atoms with van der Waals surface area (Å²) in [5.41, 5.74) is 7.01. The highest BCUT2D eigenvalue weighted by atomic mass is 16.5. The van der Waals surface area contributed by atoms with E-state index < -0.39 is 5.97 Å². The Hall–Kier alpha value is -1.77. The zero-order valence-electron chi connectivity index (χ0n) is 8.77. The first kappa shape index (κ1) is 11.3. The van der Waals surface area contributed by atoms with Gasteiger partial charge in [0.2, 0.25) is 0 Å². The summed E-state index contributed by atoms with van der Waals surface area (Å²) in [6, 6.07) is 9.53. The molecule has 0 radical (unpaired) electrons. The number of hydrogen-bond donors (Lipinski definition) is 1. The summed E-state index contributed by atoms with van der Waals surface area (Å²) in [5.74, 6) is -0.391. The molecule has 0 fully saturated rings. The molecule has 0 saturated heterocycles. The van der Waals surface area contributed by atoms with E-state index in [0.29, 0.717) is 12.1 Å². The van der Waals surface area contributed by atoms with Crippen molar-refractivity contribution in [2.24, 2.45) is 5.73 Å². The number of allylic oxidation sites excluding steroid dienone is 1. The maximum Gasteiger partial charge on any atom is 0.332 e. The molecule has 0 bridgehead atoms. The second-order valence-corrected chi connectivity index (χ2v) is 3.17. The molecular formula is C12H15NO2. The summed E-state index contributed by atoms with van der Waals surface area (Å²) in [6.07, 6.45) is 1.98. The van der Waals surface area contributed by atoms with Crippen molar-refractivity contribution in [1.82, 2.24) is 0 Å². The van der Waals surface area contributed by atoms with E-state index in [1.165, 1.54) is 6.08 Å². The van der Waals surface area contributed by atoms with Gasteiger partial charge in [0.1, 0.15) is 6.61 Å². The molecule has 0 aliphatic heterocycles. The molecule has 0 aliphatic carbocycles. The van der Waals surface area contributed by atoms with Gasteiger partial charge in [-0.2, -0.15) is 0 Å². The first-order valence-corrected chi connectivity index (χ1v) is 4.89. The van der Waals surface area contributed by atoms with Crippen LogP contribution >= 0.6 is 0 Å². The van der Waals surface area contributed by atoms with Gasteiger partial charge in [0, 0.05) is 11.8 Å². The Kier molecular flexibility index (Phi) is 4.41. The fourth-order valence-electron chi connectivity index (χ4n) is 1.02. The van der Waals surface area contributed by atoms with E-state index in [1.807, 2.05) is 37.3 Å². The van der Waals surface area contributed by atoms with Crippen molar-refractivity contribution in [2.45, 2.75) is 20.0 Å². The zero-order valence-corrected chi connectivity index (χ0v) is 8.77. The Labute approximate surface area is 89.5 Å². The summed E-state index contributed by atoms with van der Waals surface area (Å²) in [5, 5.41) is 0. The second kappa shape index (κ2) is 5.86. The molecule has 1 aromatic carbocycles. The van der Waals surface area contributed by atoms with Gasteiger partial charge in [-0.1, -0.05) is 37.3 Å². The maximum atomic E-state index is 11.2. The minimum Gasteiger partial charge on any atom is -0.458 e. The van der Waals surface area contributed by atoms with E-state index >= 15 is 0 Å². The predicted octanol–water partition coefficient (Wildman–Crippen LogP) is 1.98. The lowest BCUT2D eigenvalue weighted by molar-refractivity contribution is -0.139. The molecule has 0 heterocycles. The average Bonchev–Trinajstić information content (AvgIpc) is 2.27. The van der Waals surface area contributed by atoms with Crippen LogP contribution in [0.15, 0.2) is 42.1 Å². The van der Waals surface area contributed by atoms with E-state index in [4.69, 9.17) is 10.5 Å². The average molecular weight is 205 g/mol. The maximum absolute atomic E-state index is 11.2. The molecular weight excluding hydrogens is 190 g/mol. The Balaban J connectivity index is 2.41. The molecule has 0 saturated carbocycles. The monoisotopic (exact) mass is 205 g/mol. The van der Waals surface area contributed by atoms with Crippen molar-refractivity contribution in [1.29, 1.82) is 0 Å². The van der Waals surface area contributed by atoms with Crippen LogP contribution in [0.3, 0.4) is 0 Å². The second-order valence-electron chi connectivity index (χ2n) is 3.17.